The molecule has 0 radical (unpaired) electrons. The van der Waals surface area contributed by atoms with Gasteiger partial charge in [0.2, 0.25) is 5.91 Å². The number of amides is 2. The molecule has 4 aromatic rings. The Morgan fingerprint density at radius 2 is 1.91 bits per heavy atom. The quantitative estimate of drug-likeness (QED) is 0.448. The Morgan fingerprint density at radius 1 is 1.12 bits per heavy atom. The van der Waals surface area contributed by atoms with Gasteiger partial charge in [-0.1, -0.05) is 48.5 Å². The van der Waals surface area contributed by atoms with Gasteiger partial charge in [-0.2, -0.15) is 0 Å². The highest BCUT2D eigenvalue weighted by Gasteiger charge is 2.26. The van der Waals surface area contributed by atoms with Crippen LogP contribution in [0.15, 0.2) is 77.4 Å². The second-order valence-electron chi connectivity index (χ2n) is 8.41. The summed E-state index contributed by atoms with van der Waals surface area (Å²) in [6.07, 6.45) is 5.88. The molecule has 0 bridgehead atoms. The van der Waals surface area contributed by atoms with E-state index in [2.05, 4.69) is 10.3 Å². The maximum atomic E-state index is 13.1. The highest BCUT2D eigenvalue weighted by atomic mass is 16.3. The number of para-hydroxylation sites is 1. The van der Waals surface area contributed by atoms with Crippen LogP contribution in [-0.4, -0.2) is 28.2 Å². The normalized spacial score (nSPS) is 13.3. The van der Waals surface area contributed by atoms with Gasteiger partial charge in [0.25, 0.3) is 5.91 Å². The van der Waals surface area contributed by atoms with Crippen LogP contribution < -0.4 is 5.32 Å². The van der Waals surface area contributed by atoms with E-state index in [1.165, 1.54) is 0 Å². The molecule has 0 saturated heterocycles. The summed E-state index contributed by atoms with van der Waals surface area (Å²) in [5.41, 5.74) is 5.76. The third-order valence-electron chi connectivity index (χ3n) is 6.19. The van der Waals surface area contributed by atoms with E-state index >= 15 is 0 Å². The van der Waals surface area contributed by atoms with Gasteiger partial charge in [0.1, 0.15) is 5.58 Å². The van der Waals surface area contributed by atoms with Crippen molar-refractivity contribution in [2.45, 2.75) is 26.4 Å². The minimum absolute atomic E-state index is 0.122. The monoisotopic (exact) mass is 451 g/mol. The van der Waals surface area contributed by atoms with Crippen LogP contribution in [0.5, 0.6) is 0 Å². The number of carbonyl (C=O) groups excluding carboxylic acids is 2. The van der Waals surface area contributed by atoms with Gasteiger partial charge in [-0.15, -0.1) is 0 Å². The smallest absolute Gasteiger partial charge is 0.289 e. The van der Waals surface area contributed by atoms with Gasteiger partial charge in [-0.05, 0) is 53.8 Å². The first-order valence-electron chi connectivity index (χ1n) is 11.3. The molecule has 5 rings (SSSR count). The molecule has 2 aromatic carbocycles. The van der Waals surface area contributed by atoms with E-state index in [0.717, 1.165) is 33.3 Å². The predicted octanol–water partition coefficient (Wildman–Crippen LogP) is 4.66. The van der Waals surface area contributed by atoms with E-state index in [0.29, 0.717) is 37.4 Å². The standard InChI is InChI=1S/C28H25N3O3/c1-19-24(17-30-27(32)12-11-20-7-3-2-4-8-20)23-13-14-31(18-22(23)16-29-19)28(33)26-15-21-9-5-6-10-25(21)34-26/h2-12,15-16H,13-14,17-18H2,1H3,(H,30,32)/b12-11+. The Kier molecular flexibility index (Phi) is 5.95. The van der Waals surface area contributed by atoms with Crippen molar-refractivity contribution < 1.29 is 14.0 Å². The third-order valence-corrected chi connectivity index (χ3v) is 6.19. The van der Waals surface area contributed by atoms with E-state index < -0.39 is 0 Å². The molecule has 1 aliphatic rings. The first-order valence-corrected chi connectivity index (χ1v) is 11.3. The van der Waals surface area contributed by atoms with Gasteiger partial charge in [0.15, 0.2) is 5.76 Å². The first-order chi connectivity index (χ1) is 16.6. The molecule has 2 amide bonds. The summed E-state index contributed by atoms with van der Waals surface area (Å²) in [7, 11) is 0. The molecule has 6 heteroatoms. The van der Waals surface area contributed by atoms with E-state index in [4.69, 9.17) is 4.42 Å². The van der Waals surface area contributed by atoms with E-state index in [9.17, 15) is 9.59 Å². The van der Waals surface area contributed by atoms with Crippen LogP contribution in [0.3, 0.4) is 0 Å². The molecule has 0 saturated carbocycles. The molecule has 0 fully saturated rings. The highest BCUT2D eigenvalue weighted by molar-refractivity contribution is 5.96. The number of carbonyl (C=O) groups is 2. The lowest BCUT2D eigenvalue weighted by molar-refractivity contribution is -0.116. The van der Waals surface area contributed by atoms with Crippen molar-refractivity contribution in [3.63, 3.8) is 0 Å². The number of nitrogens with zero attached hydrogens (tertiary/aromatic N) is 2. The number of benzene rings is 2. The van der Waals surface area contributed by atoms with Gasteiger partial charge < -0.3 is 14.6 Å². The number of aryl methyl sites for hydroxylation is 1. The molecule has 1 aliphatic heterocycles. The maximum Gasteiger partial charge on any atom is 0.289 e. The summed E-state index contributed by atoms with van der Waals surface area (Å²) in [4.78, 5) is 31.8. The van der Waals surface area contributed by atoms with Crippen molar-refractivity contribution in [1.29, 1.82) is 0 Å². The van der Waals surface area contributed by atoms with Crippen molar-refractivity contribution >= 4 is 28.9 Å². The fourth-order valence-corrected chi connectivity index (χ4v) is 4.34. The summed E-state index contributed by atoms with van der Waals surface area (Å²) < 4.78 is 5.77. The van der Waals surface area contributed by atoms with E-state index in [-0.39, 0.29) is 11.8 Å². The van der Waals surface area contributed by atoms with Crippen LogP contribution in [0.1, 0.15) is 38.5 Å². The highest BCUT2D eigenvalue weighted by Crippen LogP contribution is 2.26. The van der Waals surface area contributed by atoms with Crippen molar-refractivity contribution in [2.75, 3.05) is 6.54 Å². The second-order valence-corrected chi connectivity index (χ2v) is 8.41. The van der Waals surface area contributed by atoms with Gasteiger partial charge in [0.05, 0.1) is 0 Å². The molecule has 0 unspecified atom stereocenters. The molecule has 3 heterocycles. The number of rotatable bonds is 5. The van der Waals surface area contributed by atoms with Crippen molar-refractivity contribution in [1.82, 2.24) is 15.2 Å². The van der Waals surface area contributed by atoms with E-state index in [1.807, 2.05) is 67.7 Å². The van der Waals surface area contributed by atoms with Gasteiger partial charge >= 0.3 is 0 Å². The molecule has 34 heavy (non-hydrogen) atoms. The van der Waals surface area contributed by atoms with Crippen LogP contribution in [0.4, 0.5) is 0 Å². The van der Waals surface area contributed by atoms with Gasteiger partial charge in [-0.25, -0.2) is 0 Å². The Labute approximate surface area is 197 Å². The molecular formula is C28H25N3O3. The van der Waals surface area contributed by atoms with Crippen LogP contribution in [-0.2, 0) is 24.3 Å². The first kappa shape index (κ1) is 21.6. The minimum Gasteiger partial charge on any atom is -0.451 e. The zero-order valence-corrected chi connectivity index (χ0v) is 19.0. The Morgan fingerprint density at radius 3 is 2.74 bits per heavy atom. The fourth-order valence-electron chi connectivity index (χ4n) is 4.34. The molecule has 1 N–H and O–H groups in total. The number of pyridine rings is 1. The van der Waals surface area contributed by atoms with Crippen molar-refractivity contribution in [3.05, 3.63) is 107 Å². The SMILES string of the molecule is Cc1ncc2c(c1CNC(=O)/C=C/c1ccccc1)CCN(C(=O)c1cc3ccccc3o1)C2. The van der Waals surface area contributed by atoms with Crippen LogP contribution in [0.2, 0.25) is 0 Å². The summed E-state index contributed by atoms with van der Waals surface area (Å²) in [5, 5.41) is 3.89. The number of hydrogen-bond donors (Lipinski definition) is 1. The van der Waals surface area contributed by atoms with Gasteiger partial charge in [0, 0.05) is 43.0 Å². The van der Waals surface area contributed by atoms with Crippen molar-refractivity contribution in [3.8, 4) is 0 Å². The Bertz CT molecular complexity index is 1360. The largest absolute Gasteiger partial charge is 0.451 e. The van der Waals surface area contributed by atoms with Gasteiger partial charge in [-0.3, -0.25) is 14.6 Å². The molecule has 170 valence electrons. The van der Waals surface area contributed by atoms with Crippen LogP contribution in [0.25, 0.3) is 17.0 Å². The molecule has 2 aromatic heterocycles. The average molecular weight is 452 g/mol. The molecular weight excluding hydrogens is 426 g/mol. The lowest BCUT2D eigenvalue weighted by Crippen LogP contribution is -2.37. The zero-order chi connectivity index (χ0) is 23.5. The summed E-state index contributed by atoms with van der Waals surface area (Å²) >= 11 is 0. The molecule has 0 aliphatic carbocycles. The Hall–Kier alpha value is -4.19. The lowest BCUT2D eigenvalue weighted by Gasteiger charge is -2.30. The topological polar surface area (TPSA) is 75.4 Å². The Balaban J connectivity index is 1.28. The summed E-state index contributed by atoms with van der Waals surface area (Å²) in [5.74, 6) is 0.0732. The third kappa shape index (κ3) is 4.48. The maximum absolute atomic E-state index is 13.1. The zero-order valence-electron chi connectivity index (χ0n) is 19.0. The van der Waals surface area contributed by atoms with Crippen LogP contribution in [0, 0.1) is 6.92 Å². The van der Waals surface area contributed by atoms with E-state index in [1.54, 1.807) is 23.1 Å². The minimum atomic E-state index is -0.154. The summed E-state index contributed by atoms with van der Waals surface area (Å²) in [6, 6.07) is 19.1. The predicted molar refractivity (Wildman–Crippen MR) is 131 cm³/mol. The van der Waals surface area contributed by atoms with Crippen molar-refractivity contribution in [2.24, 2.45) is 0 Å². The van der Waals surface area contributed by atoms with Crippen LogP contribution >= 0.6 is 0 Å². The number of aromatic nitrogens is 1. The number of fused-ring (bicyclic) bond motifs is 2. The number of furan rings is 1. The number of hydrogen-bond acceptors (Lipinski definition) is 4. The second kappa shape index (κ2) is 9.35. The number of nitrogens with one attached hydrogen (secondary N) is 1. The lowest BCUT2D eigenvalue weighted by atomic mass is 9.94. The molecule has 0 atom stereocenters. The summed E-state index contributed by atoms with van der Waals surface area (Å²) in [6.45, 7) is 3.40. The molecule has 0 spiro atoms. The fraction of sp³-hybridized carbons (Fsp3) is 0.179. The molecule has 6 nitrogen and oxygen atoms in total. The average Bonchev–Trinajstić information content (AvgIpc) is 3.31.